The van der Waals surface area contributed by atoms with Gasteiger partial charge in [-0.1, -0.05) is 0 Å². The van der Waals surface area contributed by atoms with Crippen molar-refractivity contribution in [3.63, 3.8) is 0 Å². The van der Waals surface area contributed by atoms with Crippen molar-refractivity contribution in [3.8, 4) is 0 Å². The molecule has 2 atom stereocenters. The lowest BCUT2D eigenvalue weighted by atomic mass is 10.1. The summed E-state index contributed by atoms with van der Waals surface area (Å²) < 4.78 is 4.69. The Morgan fingerprint density at radius 2 is 2.09 bits per heavy atom. The number of hydrogen-bond donors (Lipinski definition) is 2. The summed E-state index contributed by atoms with van der Waals surface area (Å²) in [5.41, 5.74) is -1.66. The van der Waals surface area contributed by atoms with E-state index in [4.69, 9.17) is 9.57 Å². The van der Waals surface area contributed by atoms with Crippen LogP contribution >= 0.6 is 0 Å². The van der Waals surface area contributed by atoms with Gasteiger partial charge in [-0.25, -0.2) is 9.63 Å². The van der Waals surface area contributed by atoms with E-state index < -0.39 is 41.5 Å². The molecule has 10 heteroatoms. The Labute approximate surface area is 125 Å². The number of hydrogen-bond acceptors (Lipinski definition) is 8. The number of cyclic esters (lactones) is 1. The summed E-state index contributed by atoms with van der Waals surface area (Å²) in [5.74, 6) is -3.04. The number of esters is 1. The topological polar surface area (TPSA) is 131 Å². The average Bonchev–Trinajstić information content (AvgIpc) is 2.98. The molecule has 2 aliphatic heterocycles. The molecule has 1 unspecified atom stereocenters. The fourth-order valence-electron chi connectivity index (χ4n) is 1.75. The maximum Gasteiger partial charge on any atom is 0.375 e. The molecule has 0 aromatic carbocycles. The number of amides is 2. The van der Waals surface area contributed by atoms with Gasteiger partial charge in [0.05, 0.1) is 0 Å². The van der Waals surface area contributed by atoms with Gasteiger partial charge >= 0.3 is 17.8 Å². The Hall–Kier alpha value is -2.20. The molecule has 0 aromatic heterocycles. The predicted octanol–water partition coefficient (Wildman–Crippen LogP) is -1.82. The van der Waals surface area contributed by atoms with Crippen LogP contribution in [0.25, 0.3) is 0 Å². The van der Waals surface area contributed by atoms with E-state index >= 15 is 0 Å². The van der Waals surface area contributed by atoms with Crippen molar-refractivity contribution in [2.45, 2.75) is 44.4 Å². The minimum Gasteiger partial charge on any atom is -0.450 e. The molecule has 2 N–H and O–H groups in total. The maximum atomic E-state index is 11.9. The molecule has 0 aliphatic carbocycles. The highest BCUT2D eigenvalue weighted by Crippen LogP contribution is 2.17. The van der Waals surface area contributed by atoms with Crippen molar-refractivity contribution in [2.75, 3.05) is 6.61 Å². The number of nitrogens with one attached hydrogen (secondary N) is 1. The first kappa shape index (κ1) is 16.2. The standard InChI is InChI=1S/C12H16N2O8/c1-12(2,19)11(18)13-6-5-20-14(9(6)16)22-10(17)7-3-4-8(15)21-7/h6-7,19H,3-5H2,1-2H3,(H,13,18)/t6-,7?/m0/s1. The highest BCUT2D eigenvalue weighted by molar-refractivity contribution is 5.91. The van der Waals surface area contributed by atoms with Gasteiger partial charge in [-0.3, -0.25) is 14.4 Å². The van der Waals surface area contributed by atoms with Crippen molar-refractivity contribution >= 4 is 23.8 Å². The van der Waals surface area contributed by atoms with Crippen LogP contribution < -0.4 is 5.32 Å². The Morgan fingerprint density at radius 1 is 1.41 bits per heavy atom. The van der Waals surface area contributed by atoms with Crippen LogP contribution in [0.3, 0.4) is 0 Å². The lowest BCUT2D eigenvalue weighted by Gasteiger charge is -2.19. The molecule has 2 amide bonds. The van der Waals surface area contributed by atoms with Crippen molar-refractivity contribution < 1.29 is 38.7 Å². The molecule has 0 saturated carbocycles. The molecule has 122 valence electrons. The number of ether oxygens (including phenoxy) is 1. The Kier molecular flexibility index (Phi) is 4.33. The second-order valence-corrected chi connectivity index (χ2v) is 5.40. The molecule has 0 radical (unpaired) electrons. The van der Waals surface area contributed by atoms with Gasteiger partial charge < -0.3 is 20.0 Å². The molecular formula is C12H16N2O8. The summed E-state index contributed by atoms with van der Waals surface area (Å²) in [6.07, 6.45) is -0.814. The monoisotopic (exact) mass is 316 g/mol. The quantitative estimate of drug-likeness (QED) is 0.580. The van der Waals surface area contributed by atoms with Crippen LogP contribution in [0.15, 0.2) is 0 Å². The van der Waals surface area contributed by atoms with Crippen LogP contribution in [0.4, 0.5) is 0 Å². The summed E-state index contributed by atoms with van der Waals surface area (Å²) in [7, 11) is 0. The third-order valence-corrected chi connectivity index (χ3v) is 3.02. The highest BCUT2D eigenvalue weighted by Gasteiger charge is 2.41. The maximum absolute atomic E-state index is 11.9. The molecular weight excluding hydrogens is 300 g/mol. The molecule has 2 aliphatic rings. The van der Waals surface area contributed by atoms with Crippen LogP contribution in [-0.2, 0) is 33.6 Å². The van der Waals surface area contributed by atoms with Crippen molar-refractivity contribution in [1.82, 2.24) is 10.5 Å². The van der Waals surface area contributed by atoms with Gasteiger partial charge in [0.15, 0.2) is 0 Å². The summed E-state index contributed by atoms with van der Waals surface area (Å²) in [6.45, 7) is 2.27. The molecule has 2 fully saturated rings. The third kappa shape index (κ3) is 3.52. The summed E-state index contributed by atoms with van der Waals surface area (Å²) in [4.78, 5) is 55.6. The van der Waals surface area contributed by atoms with Gasteiger partial charge in [-0.15, -0.1) is 0 Å². The lowest BCUT2D eigenvalue weighted by molar-refractivity contribution is -0.306. The Balaban J connectivity index is 1.87. The minimum absolute atomic E-state index is 0.0961. The first-order valence-electron chi connectivity index (χ1n) is 6.60. The van der Waals surface area contributed by atoms with Crippen molar-refractivity contribution in [2.24, 2.45) is 0 Å². The van der Waals surface area contributed by atoms with E-state index in [0.29, 0.717) is 5.23 Å². The Morgan fingerprint density at radius 3 is 2.64 bits per heavy atom. The second kappa shape index (κ2) is 5.89. The van der Waals surface area contributed by atoms with Gasteiger partial charge in [0, 0.05) is 12.8 Å². The number of nitrogens with zero attached hydrogens (tertiary/aromatic N) is 1. The second-order valence-electron chi connectivity index (χ2n) is 5.40. The zero-order valence-electron chi connectivity index (χ0n) is 12.0. The third-order valence-electron chi connectivity index (χ3n) is 3.02. The zero-order valence-corrected chi connectivity index (χ0v) is 12.0. The van der Waals surface area contributed by atoms with Gasteiger partial charge in [-0.2, -0.15) is 0 Å². The molecule has 0 spiro atoms. The van der Waals surface area contributed by atoms with Crippen LogP contribution in [0.1, 0.15) is 26.7 Å². The fraction of sp³-hybridized carbons (Fsp3) is 0.667. The molecule has 2 saturated heterocycles. The molecule has 2 rings (SSSR count). The van der Waals surface area contributed by atoms with Gasteiger partial charge in [0.25, 0.3) is 5.91 Å². The van der Waals surface area contributed by atoms with Crippen molar-refractivity contribution in [1.29, 1.82) is 0 Å². The van der Waals surface area contributed by atoms with E-state index in [-0.39, 0.29) is 19.4 Å². The SMILES string of the molecule is CC(C)(O)C(=O)N[C@H]1CON(OC(=O)C2CCC(=O)O2)C1=O. The first-order chi connectivity index (χ1) is 10.2. The largest absolute Gasteiger partial charge is 0.450 e. The van der Waals surface area contributed by atoms with E-state index in [9.17, 15) is 24.3 Å². The summed E-state index contributed by atoms with van der Waals surface area (Å²) >= 11 is 0. The van der Waals surface area contributed by atoms with E-state index in [2.05, 4.69) is 10.2 Å². The molecule has 2 heterocycles. The van der Waals surface area contributed by atoms with E-state index in [1.54, 1.807) is 0 Å². The predicted molar refractivity (Wildman–Crippen MR) is 66.2 cm³/mol. The Bertz CT molecular complexity index is 512. The van der Waals surface area contributed by atoms with Crippen LogP contribution in [0.5, 0.6) is 0 Å². The normalized spacial score (nSPS) is 25.1. The fourth-order valence-corrected chi connectivity index (χ4v) is 1.75. The smallest absolute Gasteiger partial charge is 0.375 e. The number of rotatable bonds is 4. The van der Waals surface area contributed by atoms with Crippen LogP contribution in [-0.4, -0.2) is 58.4 Å². The number of carbonyl (C=O) groups excluding carboxylic acids is 4. The molecule has 10 nitrogen and oxygen atoms in total. The van der Waals surface area contributed by atoms with Gasteiger partial charge in [-0.05, 0) is 19.1 Å². The van der Waals surface area contributed by atoms with E-state index in [0.717, 1.165) is 0 Å². The van der Waals surface area contributed by atoms with Gasteiger partial charge in [0.2, 0.25) is 6.10 Å². The summed E-state index contributed by atoms with van der Waals surface area (Å²) in [5, 5.41) is 12.1. The zero-order chi connectivity index (χ0) is 16.5. The number of hydroxylamine groups is 2. The number of aliphatic hydroxyl groups is 1. The lowest BCUT2D eigenvalue weighted by Crippen LogP contribution is -2.50. The van der Waals surface area contributed by atoms with Gasteiger partial charge in [0.1, 0.15) is 18.2 Å². The number of carbonyl (C=O) groups is 4. The molecule has 22 heavy (non-hydrogen) atoms. The molecule has 0 aromatic rings. The van der Waals surface area contributed by atoms with E-state index in [1.807, 2.05) is 0 Å². The molecule has 0 bridgehead atoms. The van der Waals surface area contributed by atoms with Crippen LogP contribution in [0, 0.1) is 0 Å². The van der Waals surface area contributed by atoms with Crippen LogP contribution in [0.2, 0.25) is 0 Å². The minimum atomic E-state index is -1.66. The highest BCUT2D eigenvalue weighted by atomic mass is 17.0. The first-order valence-corrected chi connectivity index (χ1v) is 6.60. The average molecular weight is 316 g/mol. The van der Waals surface area contributed by atoms with E-state index in [1.165, 1.54) is 13.8 Å². The summed E-state index contributed by atoms with van der Waals surface area (Å²) in [6, 6.07) is -1.09. The van der Waals surface area contributed by atoms with Crippen molar-refractivity contribution in [3.05, 3.63) is 0 Å².